The zero-order chi connectivity index (χ0) is 11.7. The molecule has 1 saturated heterocycles. The average molecular weight is 231 g/mol. The number of hydrogen-bond donors (Lipinski definition) is 0. The summed E-state index contributed by atoms with van der Waals surface area (Å²) < 4.78 is 1.84. The van der Waals surface area contributed by atoms with Crippen molar-refractivity contribution in [3.63, 3.8) is 0 Å². The minimum Gasteiger partial charge on any atom is -0.353 e. The summed E-state index contributed by atoms with van der Waals surface area (Å²) in [7, 11) is 0. The van der Waals surface area contributed by atoms with Crippen molar-refractivity contribution < 1.29 is 4.79 Å². The number of aldehydes is 1. The number of nitrogens with zero attached hydrogens (tertiary/aromatic N) is 5. The summed E-state index contributed by atoms with van der Waals surface area (Å²) >= 11 is 0. The van der Waals surface area contributed by atoms with Gasteiger partial charge in [0.2, 0.25) is 5.65 Å². The number of carbonyl (C=O) groups excluding carboxylic acids is 1. The number of carbonyl (C=O) groups is 1. The second kappa shape index (κ2) is 4.12. The molecule has 1 unspecified atom stereocenters. The van der Waals surface area contributed by atoms with Crippen LogP contribution in [0.2, 0.25) is 0 Å². The van der Waals surface area contributed by atoms with Crippen LogP contribution in [0.3, 0.4) is 0 Å². The second-order valence-electron chi connectivity index (χ2n) is 4.30. The van der Waals surface area contributed by atoms with E-state index >= 15 is 0 Å². The summed E-state index contributed by atoms with van der Waals surface area (Å²) in [5.74, 6) is 0.922. The van der Waals surface area contributed by atoms with Crippen molar-refractivity contribution >= 4 is 17.8 Å². The summed E-state index contributed by atoms with van der Waals surface area (Å²) in [6, 6.07) is 0. The molecule has 0 bridgehead atoms. The highest BCUT2D eigenvalue weighted by Gasteiger charge is 2.22. The number of rotatable bonds is 2. The van der Waals surface area contributed by atoms with E-state index in [2.05, 4.69) is 20.1 Å². The van der Waals surface area contributed by atoms with Crippen molar-refractivity contribution in [2.45, 2.75) is 12.8 Å². The van der Waals surface area contributed by atoms with Crippen LogP contribution in [0.1, 0.15) is 12.8 Å². The van der Waals surface area contributed by atoms with Crippen molar-refractivity contribution in [3.8, 4) is 0 Å². The maximum absolute atomic E-state index is 10.9. The molecule has 2 aromatic heterocycles. The van der Waals surface area contributed by atoms with E-state index in [9.17, 15) is 4.79 Å². The molecule has 1 fully saturated rings. The third kappa shape index (κ3) is 1.75. The van der Waals surface area contributed by atoms with Gasteiger partial charge in [-0.1, -0.05) is 0 Å². The van der Waals surface area contributed by atoms with Crippen molar-refractivity contribution in [2.24, 2.45) is 5.92 Å². The van der Waals surface area contributed by atoms with Crippen LogP contribution in [-0.2, 0) is 4.79 Å². The zero-order valence-corrected chi connectivity index (χ0v) is 9.36. The quantitative estimate of drug-likeness (QED) is 0.706. The Morgan fingerprint density at radius 3 is 3.29 bits per heavy atom. The lowest BCUT2D eigenvalue weighted by Crippen LogP contribution is -2.36. The Hall–Kier alpha value is -1.98. The van der Waals surface area contributed by atoms with E-state index in [0.29, 0.717) is 0 Å². The van der Waals surface area contributed by atoms with Gasteiger partial charge in [-0.3, -0.25) is 4.40 Å². The molecule has 3 rings (SSSR count). The van der Waals surface area contributed by atoms with Crippen LogP contribution in [0.4, 0.5) is 5.82 Å². The molecule has 17 heavy (non-hydrogen) atoms. The third-order valence-electron chi connectivity index (χ3n) is 3.15. The minimum atomic E-state index is 0.105. The van der Waals surface area contributed by atoms with Crippen molar-refractivity contribution in [1.82, 2.24) is 19.6 Å². The molecule has 6 nitrogen and oxygen atoms in total. The molecule has 0 amide bonds. The summed E-state index contributed by atoms with van der Waals surface area (Å²) in [6.07, 6.45) is 8.23. The first kappa shape index (κ1) is 10.2. The van der Waals surface area contributed by atoms with E-state index in [1.54, 1.807) is 12.5 Å². The SMILES string of the molecule is O=CC1CCCN(c2nccn3cnnc23)C1. The van der Waals surface area contributed by atoms with Gasteiger partial charge in [0.25, 0.3) is 0 Å². The van der Waals surface area contributed by atoms with Gasteiger partial charge in [0.05, 0.1) is 0 Å². The van der Waals surface area contributed by atoms with Gasteiger partial charge >= 0.3 is 0 Å². The van der Waals surface area contributed by atoms with Gasteiger partial charge in [-0.05, 0) is 12.8 Å². The third-order valence-corrected chi connectivity index (χ3v) is 3.15. The second-order valence-corrected chi connectivity index (χ2v) is 4.30. The average Bonchev–Trinajstić information content (AvgIpc) is 2.87. The van der Waals surface area contributed by atoms with E-state index in [1.165, 1.54) is 0 Å². The van der Waals surface area contributed by atoms with Crippen LogP contribution in [0, 0.1) is 5.92 Å². The smallest absolute Gasteiger partial charge is 0.203 e. The van der Waals surface area contributed by atoms with E-state index in [4.69, 9.17) is 0 Å². The van der Waals surface area contributed by atoms with Gasteiger partial charge in [-0.15, -0.1) is 10.2 Å². The summed E-state index contributed by atoms with van der Waals surface area (Å²) in [4.78, 5) is 17.3. The maximum atomic E-state index is 10.9. The van der Waals surface area contributed by atoms with Gasteiger partial charge in [0, 0.05) is 31.4 Å². The number of fused-ring (bicyclic) bond motifs is 1. The molecule has 0 radical (unpaired) electrons. The Bertz CT molecular complexity index is 537. The molecule has 0 spiro atoms. The molecule has 3 heterocycles. The number of aromatic nitrogens is 4. The molecule has 0 aliphatic carbocycles. The number of piperidine rings is 1. The van der Waals surface area contributed by atoms with Crippen molar-refractivity contribution in [1.29, 1.82) is 0 Å². The molecule has 1 aliphatic rings. The first-order chi connectivity index (χ1) is 8.38. The fraction of sp³-hybridized carbons (Fsp3) is 0.455. The van der Waals surface area contributed by atoms with Crippen LogP contribution >= 0.6 is 0 Å². The Labute approximate surface area is 98.3 Å². The fourth-order valence-electron chi connectivity index (χ4n) is 2.28. The Morgan fingerprint density at radius 2 is 2.41 bits per heavy atom. The van der Waals surface area contributed by atoms with Crippen LogP contribution < -0.4 is 4.90 Å². The highest BCUT2D eigenvalue weighted by atomic mass is 16.1. The molecule has 1 aliphatic heterocycles. The number of hydrogen-bond acceptors (Lipinski definition) is 5. The summed E-state index contributed by atoms with van der Waals surface area (Å²) in [6.45, 7) is 1.65. The molecule has 88 valence electrons. The first-order valence-corrected chi connectivity index (χ1v) is 5.73. The fourth-order valence-corrected chi connectivity index (χ4v) is 2.28. The summed E-state index contributed by atoms with van der Waals surface area (Å²) in [5, 5.41) is 7.94. The highest BCUT2D eigenvalue weighted by Crippen LogP contribution is 2.22. The van der Waals surface area contributed by atoms with Crippen LogP contribution in [0.5, 0.6) is 0 Å². The highest BCUT2D eigenvalue weighted by molar-refractivity contribution is 5.65. The predicted octanol–water partition coefficient (Wildman–Crippen LogP) is 0.540. The minimum absolute atomic E-state index is 0.105. The van der Waals surface area contributed by atoms with Crippen molar-refractivity contribution in [3.05, 3.63) is 18.7 Å². The molecule has 1 atom stereocenters. The van der Waals surface area contributed by atoms with Crippen LogP contribution in [0.25, 0.3) is 5.65 Å². The standard InChI is InChI=1S/C11H13N5O/c17-7-9-2-1-4-15(6-9)10-11-14-13-8-16(11)5-3-12-10/h3,5,7-9H,1-2,4,6H2. The van der Waals surface area contributed by atoms with Gasteiger partial charge < -0.3 is 9.69 Å². The number of anilines is 1. The molecule has 0 aromatic carbocycles. The molecule has 6 heteroatoms. The van der Waals surface area contributed by atoms with E-state index < -0.39 is 0 Å². The lowest BCUT2D eigenvalue weighted by molar-refractivity contribution is -0.111. The van der Waals surface area contributed by atoms with Crippen LogP contribution in [-0.4, -0.2) is 39.0 Å². The Morgan fingerprint density at radius 1 is 1.47 bits per heavy atom. The molecule has 2 aromatic rings. The maximum Gasteiger partial charge on any atom is 0.203 e. The Kier molecular flexibility index (Phi) is 2.47. The van der Waals surface area contributed by atoms with Gasteiger partial charge in [-0.2, -0.15) is 0 Å². The van der Waals surface area contributed by atoms with E-state index in [-0.39, 0.29) is 5.92 Å². The Balaban J connectivity index is 1.97. The van der Waals surface area contributed by atoms with Gasteiger partial charge in [0.1, 0.15) is 12.6 Å². The normalized spacial score (nSPS) is 20.7. The first-order valence-electron chi connectivity index (χ1n) is 5.73. The largest absolute Gasteiger partial charge is 0.353 e. The molecular formula is C11H13N5O. The van der Waals surface area contributed by atoms with Gasteiger partial charge in [-0.25, -0.2) is 4.98 Å². The van der Waals surface area contributed by atoms with Crippen LogP contribution in [0.15, 0.2) is 18.7 Å². The monoisotopic (exact) mass is 231 g/mol. The van der Waals surface area contributed by atoms with E-state index in [0.717, 1.165) is 43.7 Å². The predicted molar refractivity (Wildman–Crippen MR) is 61.8 cm³/mol. The summed E-state index contributed by atoms with van der Waals surface area (Å²) in [5.41, 5.74) is 0.749. The zero-order valence-electron chi connectivity index (χ0n) is 9.36. The van der Waals surface area contributed by atoms with Gasteiger partial charge in [0.15, 0.2) is 5.82 Å². The lowest BCUT2D eigenvalue weighted by atomic mass is 10.00. The molecular weight excluding hydrogens is 218 g/mol. The topological polar surface area (TPSA) is 63.4 Å². The van der Waals surface area contributed by atoms with E-state index in [1.807, 2.05) is 10.6 Å². The molecule has 0 saturated carbocycles. The lowest BCUT2D eigenvalue weighted by Gasteiger charge is -2.30. The van der Waals surface area contributed by atoms with Crippen molar-refractivity contribution in [2.75, 3.05) is 18.0 Å². The molecule has 0 N–H and O–H groups in total.